The van der Waals surface area contributed by atoms with Crippen LogP contribution >= 0.6 is 0 Å². The van der Waals surface area contributed by atoms with Gasteiger partial charge in [0.1, 0.15) is 5.60 Å². The molecule has 0 aliphatic carbocycles. The molecule has 2 unspecified atom stereocenters. The fourth-order valence-corrected chi connectivity index (χ4v) is 3.49. The van der Waals surface area contributed by atoms with Gasteiger partial charge >= 0.3 is 6.09 Å². The van der Waals surface area contributed by atoms with Crippen LogP contribution in [0.2, 0.25) is 0 Å². The summed E-state index contributed by atoms with van der Waals surface area (Å²) in [6.07, 6.45) is 0.819. The lowest BCUT2D eigenvalue weighted by molar-refractivity contribution is -0.000996. The van der Waals surface area contributed by atoms with Crippen molar-refractivity contribution in [2.75, 3.05) is 19.6 Å². The van der Waals surface area contributed by atoms with Crippen molar-refractivity contribution in [3.63, 3.8) is 0 Å². The molecule has 134 valence electrons. The van der Waals surface area contributed by atoms with Gasteiger partial charge in [0.05, 0.1) is 0 Å². The van der Waals surface area contributed by atoms with Gasteiger partial charge < -0.3 is 9.64 Å². The van der Waals surface area contributed by atoms with E-state index in [1.807, 2.05) is 32.6 Å². The molecule has 1 saturated heterocycles. The van der Waals surface area contributed by atoms with Gasteiger partial charge in [-0.05, 0) is 45.6 Å². The second kappa shape index (κ2) is 8.02. The second-order valence-corrected chi connectivity index (χ2v) is 7.82. The largest absolute Gasteiger partial charge is 0.444 e. The Labute approximate surface area is 146 Å². The Kier molecular flexibility index (Phi) is 6.27. The molecule has 0 radical (unpaired) electrons. The Morgan fingerprint density at radius 2 is 1.96 bits per heavy atom. The van der Waals surface area contributed by atoms with Gasteiger partial charge in [0.2, 0.25) is 0 Å². The monoisotopic (exact) mass is 332 g/mol. The third-order valence-electron chi connectivity index (χ3n) is 4.56. The zero-order chi connectivity index (χ0) is 17.7. The number of hydrogen-bond acceptors (Lipinski definition) is 3. The van der Waals surface area contributed by atoms with E-state index in [4.69, 9.17) is 4.74 Å². The molecular formula is C20H32N2O2. The Hall–Kier alpha value is -1.55. The van der Waals surface area contributed by atoms with Crippen molar-refractivity contribution in [2.24, 2.45) is 5.92 Å². The summed E-state index contributed by atoms with van der Waals surface area (Å²) in [5.41, 5.74) is 0.907. The van der Waals surface area contributed by atoms with E-state index in [1.165, 1.54) is 5.56 Å². The fraction of sp³-hybridized carbons (Fsp3) is 0.650. The van der Waals surface area contributed by atoms with Gasteiger partial charge in [0, 0.05) is 32.2 Å². The standard InChI is InChI=1S/C20H32N2O2/c1-6-22(19(23)24-20(3,4)5)18-12-13-21(14-16(18)2)15-17-10-8-7-9-11-17/h7-11,16,18H,6,12-15H2,1-5H3. The van der Waals surface area contributed by atoms with E-state index < -0.39 is 5.60 Å². The molecule has 2 rings (SSSR count). The SMILES string of the molecule is CCN(C(=O)OC(C)(C)C)C1CCN(Cc2ccccc2)CC1C. The van der Waals surface area contributed by atoms with Crippen LogP contribution in [0.5, 0.6) is 0 Å². The molecule has 1 aliphatic rings. The Balaban J connectivity index is 1.95. The highest BCUT2D eigenvalue weighted by molar-refractivity contribution is 5.68. The smallest absolute Gasteiger partial charge is 0.410 e. The summed E-state index contributed by atoms with van der Waals surface area (Å²) >= 11 is 0. The molecule has 0 N–H and O–H groups in total. The fourth-order valence-electron chi connectivity index (χ4n) is 3.49. The first-order valence-corrected chi connectivity index (χ1v) is 9.06. The molecule has 0 spiro atoms. The maximum Gasteiger partial charge on any atom is 0.410 e. The Morgan fingerprint density at radius 1 is 1.29 bits per heavy atom. The van der Waals surface area contributed by atoms with Crippen molar-refractivity contribution in [3.05, 3.63) is 35.9 Å². The Morgan fingerprint density at radius 3 is 2.50 bits per heavy atom. The van der Waals surface area contributed by atoms with Crippen LogP contribution in [0.4, 0.5) is 4.79 Å². The number of carbonyl (C=O) groups is 1. The van der Waals surface area contributed by atoms with Crippen molar-refractivity contribution < 1.29 is 9.53 Å². The topological polar surface area (TPSA) is 32.8 Å². The molecule has 1 fully saturated rings. The van der Waals surface area contributed by atoms with Crippen molar-refractivity contribution >= 4 is 6.09 Å². The average Bonchev–Trinajstić information content (AvgIpc) is 2.49. The summed E-state index contributed by atoms with van der Waals surface area (Å²) < 4.78 is 5.59. The van der Waals surface area contributed by atoms with Crippen LogP contribution in [0.15, 0.2) is 30.3 Å². The van der Waals surface area contributed by atoms with E-state index in [0.717, 1.165) is 26.1 Å². The van der Waals surface area contributed by atoms with E-state index in [1.54, 1.807) is 0 Å². The summed E-state index contributed by atoms with van der Waals surface area (Å²) in [7, 11) is 0. The van der Waals surface area contributed by atoms with Gasteiger partial charge in [-0.3, -0.25) is 4.90 Å². The third-order valence-corrected chi connectivity index (χ3v) is 4.56. The van der Waals surface area contributed by atoms with Gasteiger partial charge in [-0.15, -0.1) is 0 Å². The highest BCUT2D eigenvalue weighted by Gasteiger charge is 2.34. The molecule has 24 heavy (non-hydrogen) atoms. The quantitative estimate of drug-likeness (QED) is 0.830. The number of hydrogen-bond donors (Lipinski definition) is 0. The lowest BCUT2D eigenvalue weighted by Crippen LogP contribution is -2.52. The first-order valence-electron chi connectivity index (χ1n) is 9.06. The van der Waals surface area contributed by atoms with Crippen molar-refractivity contribution in [2.45, 2.75) is 59.2 Å². The van der Waals surface area contributed by atoms with Crippen molar-refractivity contribution in [3.8, 4) is 0 Å². The average molecular weight is 332 g/mol. The lowest BCUT2D eigenvalue weighted by Gasteiger charge is -2.42. The minimum Gasteiger partial charge on any atom is -0.444 e. The number of ether oxygens (including phenoxy) is 1. The number of rotatable bonds is 4. The van der Waals surface area contributed by atoms with Gasteiger partial charge in [0.25, 0.3) is 0 Å². The normalized spacial score (nSPS) is 22.2. The third kappa shape index (κ3) is 5.23. The van der Waals surface area contributed by atoms with Crippen LogP contribution in [0.25, 0.3) is 0 Å². The van der Waals surface area contributed by atoms with E-state index >= 15 is 0 Å². The number of nitrogens with zero attached hydrogens (tertiary/aromatic N) is 2. The molecule has 2 atom stereocenters. The first-order chi connectivity index (χ1) is 11.3. The van der Waals surface area contributed by atoms with E-state index in [-0.39, 0.29) is 12.1 Å². The molecule has 4 nitrogen and oxygen atoms in total. The Bertz CT molecular complexity index is 524. The summed E-state index contributed by atoms with van der Waals surface area (Å²) in [5.74, 6) is 0.440. The highest BCUT2D eigenvalue weighted by atomic mass is 16.6. The molecule has 0 bridgehead atoms. The van der Waals surface area contributed by atoms with E-state index in [9.17, 15) is 4.79 Å². The highest BCUT2D eigenvalue weighted by Crippen LogP contribution is 2.25. The summed E-state index contributed by atoms with van der Waals surface area (Å²) in [4.78, 5) is 16.9. The van der Waals surface area contributed by atoms with Crippen LogP contribution < -0.4 is 0 Å². The molecular weight excluding hydrogens is 300 g/mol. The maximum atomic E-state index is 12.5. The van der Waals surface area contributed by atoms with Crippen LogP contribution in [-0.2, 0) is 11.3 Å². The minimum atomic E-state index is -0.443. The molecule has 1 aliphatic heterocycles. The summed E-state index contributed by atoms with van der Waals surface area (Å²) in [5, 5.41) is 0. The molecule has 1 amide bonds. The lowest BCUT2D eigenvalue weighted by atomic mass is 9.92. The molecule has 0 saturated carbocycles. The molecule has 4 heteroatoms. The van der Waals surface area contributed by atoms with Gasteiger partial charge in [-0.1, -0.05) is 37.3 Å². The van der Waals surface area contributed by atoms with Crippen LogP contribution in [0.1, 0.15) is 46.6 Å². The molecule has 1 aromatic carbocycles. The van der Waals surface area contributed by atoms with E-state index in [2.05, 4.69) is 42.2 Å². The van der Waals surface area contributed by atoms with Gasteiger partial charge in [0.15, 0.2) is 0 Å². The van der Waals surface area contributed by atoms with Crippen molar-refractivity contribution in [1.82, 2.24) is 9.80 Å². The number of piperidine rings is 1. The molecule has 1 aromatic rings. The van der Waals surface area contributed by atoms with Crippen LogP contribution in [0, 0.1) is 5.92 Å². The number of amides is 1. The number of carbonyl (C=O) groups excluding carboxylic acids is 1. The second-order valence-electron chi connectivity index (χ2n) is 7.82. The maximum absolute atomic E-state index is 12.5. The molecule has 1 heterocycles. The summed E-state index contributed by atoms with van der Waals surface area (Å²) in [6, 6.07) is 10.8. The zero-order valence-corrected chi connectivity index (χ0v) is 15.8. The summed E-state index contributed by atoms with van der Waals surface area (Å²) in [6.45, 7) is 13.8. The van der Waals surface area contributed by atoms with Crippen LogP contribution in [-0.4, -0.2) is 47.2 Å². The van der Waals surface area contributed by atoms with E-state index in [0.29, 0.717) is 12.5 Å². The predicted octanol–water partition coefficient (Wildman–Crippen LogP) is 4.15. The zero-order valence-electron chi connectivity index (χ0n) is 15.8. The minimum absolute atomic E-state index is 0.182. The predicted molar refractivity (Wildman–Crippen MR) is 97.9 cm³/mol. The van der Waals surface area contributed by atoms with Gasteiger partial charge in [-0.2, -0.15) is 0 Å². The first kappa shape index (κ1) is 18.8. The number of benzene rings is 1. The molecule has 0 aromatic heterocycles. The number of likely N-dealkylation sites (tertiary alicyclic amines) is 1. The van der Waals surface area contributed by atoms with Crippen LogP contribution in [0.3, 0.4) is 0 Å². The van der Waals surface area contributed by atoms with Crippen molar-refractivity contribution in [1.29, 1.82) is 0 Å². The van der Waals surface area contributed by atoms with Gasteiger partial charge in [-0.25, -0.2) is 4.79 Å².